The molecule has 6 heteroatoms. The Morgan fingerprint density at radius 3 is 2.95 bits per heavy atom. The van der Waals surface area contributed by atoms with E-state index in [1.54, 1.807) is 12.1 Å². The zero-order valence-corrected chi connectivity index (χ0v) is 12.6. The van der Waals surface area contributed by atoms with Crippen LogP contribution in [-0.4, -0.2) is 47.2 Å². The summed E-state index contributed by atoms with van der Waals surface area (Å²) < 4.78 is 5.67. The summed E-state index contributed by atoms with van der Waals surface area (Å²) in [6.45, 7) is 4.13. The van der Waals surface area contributed by atoms with Gasteiger partial charge in [-0.1, -0.05) is 0 Å². The van der Waals surface area contributed by atoms with Crippen LogP contribution in [-0.2, 0) is 0 Å². The molecule has 1 aliphatic rings. The molecule has 0 saturated carbocycles. The number of nitrogens with zero attached hydrogens (tertiary/aromatic N) is 2. The lowest BCUT2D eigenvalue weighted by atomic mass is 10.3. The Morgan fingerprint density at radius 1 is 1.38 bits per heavy atom. The van der Waals surface area contributed by atoms with Crippen molar-refractivity contribution < 1.29 is 14.6 Å². The van der Waals surface area contributed by atoms with Gasteiger partial charge in [0.2, 0.25) is 5.88 Å². The molecule has 1 saturated heterocycles. The molecular formula is C15H18N2O3S. The quantitative estimate of drug-likeness (QED) is 0.831. The van der Waals surface area contributed by atoms with Crippen molar-refractivity contribution in [3.8, 4) is 5.88 Å². The van der Waals surface area contributed by atoms with Crippen molar-refractivity contribution in [2.75, 3.05) is 26.2 Å². The van der Waals surface area contributed by atoms with Gasteiger partial charge >= 0.3 is 5.97 Å². The second-order valence-corrected chi connectivity index (χ2v) is 6.24. The number of carboxylic acid groups (broad SMARTS) is 1. The molecular weight excluding hydrogens is 288 g/mol. The Labute approximate surface area is 127 Å². The van der Waals surface area contributed by atoms with Crippen molar-refractivity contribution in [3.05, 3.63) is 23.1 Å². The number of pyridine rings is 1. The van der Waals surface area contributed by atoms with E-state index in [-0.39, 0.29) is 0 Å². The highest BCUT2D eigenvalue weighted by Gasteiger charge is 2.11. The van der Waals surface area contributed by atoms with Gasteiger partial charge in [0.15, 0.2) is 0 Å². The third-order valence-corrected chi connectivity index (χ3v) is 4.67. The number of fused-ring (bicyclic) bond motifs is 1. The summed E-state index contributed by atoms with van der Waals surface area (Å²) in [4.78, 5) is 18.8. The molecule has 0 radical (unpaired) electrons. The number of ether oxygens (including phenoxy) is 1. The van der Waals surface area contributed by atoms with E-state index in [0.717, 1.165) is 18.4 Å². The Balaban J connectivity index is 1.55. The summed E-state index contributed by atoms with van der Waals surface area (Å²) in [5.41, 5.74) is 0. The molecule has 3 heterocycles. The number of carbonyl (C=O) groups is 1. The summed E-state index contributed by atoms with van der Waals surface area (Å²) in [6.07, 6.45) is 3.61. The smallest absolute Gasteiger partial charge is 0.345 e. The van der Waals surface area contributed by atoms with Crippen LogP contribution in [0.4, 0.5) is 0 Å². The fraction of sp³-hybridized carbons (Fsp3) is 0.467. The highest BCUT2D eigenvalue weighted by molar-refractivity contribution is 7.20. The molecule has 0 aliphatic carbocycles. The molecule has 0 unspecified atom stereocenters. The third kappa shape index (κ3) is 3.51. The fourth-order valence-corrected chi connectivity index (χ4v) is 3.42. The van der Waals surface area contributed by atoms with Gasteiger partial charge in [0.1, 0.15) is 9.71 Å². The molecule has 21 heavy (non-hydrogen) atoms. The van der Waals surface area contributed by atoms with Gasteiger partial charge in [-0.2, -0.15) is 0 Å². The Hall–Kier alpha value is -1.66. The molecule has 1 N–H and O–H groups in total. The lowest BCUT2D eigenvalue weighted by Gasteiger charge is -2.14. The normalized spacial score (nSPS) is 15.6. The van der Waals surface area contributed by atoms with E-state index in [4.69, 9.17) is 9.84 Å². The standard InChI is InChI=1S/C15H18N2O3S/c18-15(19)12-10-11-4-5-13(16-14(11)21-12)20-9-3-8-17-6-1-2-7-17/h4-5,10H,1-3,6-9H2,(H,18,19). The number of likely N-dealkylation sites (tertiary alicyclic amines) is 1. The Bertz CT molecular complexity index is 635. The number of carboxylic acids is 1. The van der Waals surface area contributed by atoms with Crippen molar-refractivity contribution >= 4 is 27.5 Å². The molecule has 1 fully saturated rings. The van der Waals surface area contributed by atoms with Crippen LogP contribution in [0.5, 0.6) is 5.88 Å². The summed E-state index contributed by atoms with van der Waals surface area (Å²) in [5.74, 6) is -0.339. The molecule has 0 aromatic carbocycles. The molecule has 2 aromatic heterocycles. The first-order chi connectivity index (χ1) is 10.2. The van der Waals surface area contributed by atoms with Crippen molar-refractivity contribution in [2.45, 2.75) is 19.3 Å². The van der Waals surface area contributed by atoms with Gasteiger partial charge in [0.05, 0.1) is 6.61 Å². The minimum atomic E-state index is -0.911. The van der Waals surface area contributed by atoms with Crippen LogP contribution in [0.3, 0.4) is 0 Å². The lowest BCUT2D eigenvalue weighted by molar-refractivity contribution is 0.0702. The number of rotatable bonds is 6. The fourth-order valence-electron chi connectivity index (χ4n) is 2.56. The zero-order valence-electron chi connectivity index (χ0n) is 11.7. The van der Waals surface area contributed by atoms with E-state index < -0.39 is 5.97 Å². The van der Waals surface area contributed by atoms with Gasteiger partial charge in [0, 0.05) is 18.0 Å². The SMILES string of the molecule is O=C(O)c1cc2ccc(OCCCN3CCCC3)nc2s1. The predicted molar refractivity (Wildman–Crippen MR) is 82.4 cm³/mol. The first kappa shape index (κ1) is 14.3. The molecule has 0 bridgehead atoms. The summed E-state index contributed by atoms with van der Waals surface area (Å²) >= 11 is 1.18. The topological polar surface area (TPSA) is 62.7 Å². The molecule has 3 rings (SSSR count). The second kappa shape index (κ2) is 6.41. The number of aromatic carboxylic acids is 1. The zero-order chi connectivity index (χ0) is 14.7. The highest BCUT2D eigenvalue weighted by Crippen LogP contribution is 2.26. The first-order valence-corrected chi connectivity index (χ1v) is 8.03. The largest absolute Gasteiger partial charge is 0.478 e. The van der Waals surface area contributed by atoms with Crippen LogP contribution in [0.2, 0.25) is 0 Å². The van der Waals surface area contributed by atoms with Crippen molar-refractivity contribution in [2.24, 2.45) is 0 Å². The van der Waals surface area contributed by atoms with E-state index in [1.807, 2.05) is 6.07 Å². The van der Waals surface area contributed by atoms with Crippen LogP contribution in [0, 0.1) is 0 Å². The van der Waals surface area contributed by atoms with E-state index in [1.165, 1.54) is 37.3 Å². The van der Waals surface area contributed by atoms with Crippen LogP contribution in [0.15, 0.2) is 18.2 Å². The summed E-state index contributed by atoms with van der Waals surface area (Å²) in [7, 11) is 0. The average Bonchev–Trinajstić information content (AvgIpc) is 3.12. The van der Waals surface area contributed by atoms with Gasteiger partial charge < -0.3 is 14.7 Å². The van der Waals surface area contributed by atoms with Gasteiger partial charge in [-0.25, -0.2) is 9.78 Å². The highest BCUT2D eigenvalue weighted by atomic mass is 32.1. The molecule has 1 aliphatic heterocycles. The Morgan fingerprint density at radius 2 is 2.19 bits per heavy atom. The van der Waals surface area contributed by atoms with E-state index >= 15 is 0 Å². The maximum atomic E-state index is 10.9. The third-order valence-electron chi connectivity index (χ3n) is 3.64. The van der Waals surface area contributed by atoms with Crippen molar-refractivity contribution in [1.82, 2.24) is 9.88 Å². The van der Waals surface area contributed by atoms with Crippen LogP contribution >= 0.6 is 11.3 Å². The van der Waals surface area contributed by atoms with Crippen molar-refractivity contribution in [1.29, 1.82) is 0 Å². The van der Waals surface area contributed by atoms with E-state index in [0.29, 0.717) is 22.2 Å². The number of hydrogen-bond acceptors (Lipinski definition) is 5. The lowest BCUT2D eigenvalue weighted by Crippen LogP contribution is -2.21. The van der Waals surface area contributed by atoms with Gasteiger partial charge in [-0.05, 0) is 44.5 Å². The number of aromatic nitrogens is 1. The van der Waals surface area contributed by atoms with E-state index in [9.17, 15) is 4.79 Å². The monoisotopic (exact) mass is 306 g/mol. The van der Waals surface area contributed by atoms with E-state index in [2.05, 4.69) is 9.88 Å². The van der Waals surface area contributed by atoms with Crippen LogP contribution in [0.25, 0.3) is 10.2 Å². The minimum absolute atomic E-state index is 0.309. The van der Waals surface area contributed by atoms with Crippen LogP contribution < -0.4 is 4.74 Å². The van der Waals surface area contributed by atoms with Crippen LogP contribution in [0.1, 0.15) is 28.9 Å². The van der Waals surface area contributed by atoms with Crippen molar-refractivity contribution in [3.63, 3.8) is 0 Å². The first-order valence-electron chi connectivity index (χ1n) is 7.21. The van der Waals surface area contributed by atoms with Gasteiger partial charge in [-0.3, -0.25) is 0 Å². The average molecular weight is 306 g/mol. The number of hydrogen-bond donors (Lipinski definition) is 1. The molecule has 112 valence electrons. The molecule has 0 amide bonds. The summed E-state index contributed by atoms with van der Waals surface area (Å²) in [5, 5.41) is 9.83. The maximum absolute atomic E-state index is 10.9. The molecule has 2 aromatic rings. The molecule has 0 atom stereocenters. The van der Waals surface area contributed by atoms with Gasteiger partial charge in [0.25, 0.3) is 0 Å². The summed E-state index contributed by atoms with van der Waals surface area (Å²) in [6, 6.07) is 5.31. The minimum Gasteiger partial charge on any atom is -0.478 e. The second-order valence-electron chi connectivity index (χ2n) is 5.21. The maximum Gasteiger partial charge on any atom is 0.345 e. The molecule has 0 spiro atoms. The van der Waals surface area contributed by atoms with Gasteiger partial charge in [-0.15, -0.1) is 11.3 Å². The predicted octanol–water partition coefficient (Wildman–Crippen LogP) is 2.86. The number of thiophene rings is 1. The molecule has 5 nitrogen and oxygen atoms in total. The Kier molecular flexibility index (Phi) is 4.36.